The van der Waals surface area contributed by atoms with Crippen LogP contribution in [-0.2, 0) is 13.1 Å². The number of hydrogen-bond acceptors (Lipinski definition) is 2. The van der Waals surface area contributed by atoms with E-state index in [4.69, 9.17) is 10.8 Å². The summed E-state index contributed by atoms with van der Waals surface area (Å²) in [6.07, 6.45) is 1.77. The van der Waals surface area contributed by atoms with Crippen LogP contribution in [0.15, 0.2) is 12.3 Å². The highest BCUT2D eigenvalue weighted by Gasteiger charge is 2.09. The van der Waals surface area contributed by atoms with Gasteiger partial charge in [-0.1, -0.05) is 0 Å². The molecule has 1 rings (SSSR count). The molecule has 4 heteroatoms. The number of carbonyl (C=O) groups is 1. The number of aromatic nitrogens is 1. The summed E-state index contributed by atoms with van der Waals surface area (Å²) in [6.45, 7) is 2.93. The number of nitrogens with two attached hydrogens (primary N) is 1. The van der Waals surface area contributed by atoms with Crippen LogP contribution in [-0.4, -0.2) is 15.6 Å². The highest BCUT2D eigenvalue weighted by atomic mass is 16.4. The van der Waals surface area contributed by atoms with Crippen LogP contribution in [0.5, 0.6) is 0 Å². The van der Waals surface area contributed by atoms with Gasteiger partial charge in [-0.05, 0) is 18.6 Å². The molecule has 4 nitrogen and oxygen atoms in total. The summed E-state index contributed by atoms with van der Waals surface area (Å²) < 4.78 is 1.67. The van der Waals surface area contributed by atoms with Crippen molar-refractivity contribution in [2.24, 2.45) is 5.73 Å². The van der Waals surface area contributed by atoms with Crippen LogP contribution in [0.4, 0.5) is 0 Å². The molecule has 3 N–H and O–H groups in total. The van der Waals surface area contributed by atoms with E-state index in [1.54, 1.807) is 16.8 Å². The topological polar surface area (TPSA) is 68.2 Å². The van der Waals surface area contributed by atoms with Crippen LogP contribution in [0.25, 0.3) is 0 Å². The van der Waals surface area contributed by atoms with Crippen molar-refractivity contribution in [3.8, 4) is 0 Å². The first-order valence-electron chi connectivity index (χ1n) is 3.81. The van der Waals surface area contributed by atoms with Crippen LogP contribution in [0.1, 0.15) is 23.0 Å². The number of nitrogens with zero attached hydrogens (tertiary/aromatic N) is 1. The summed E-state index contributed by atoms with van der Waals surface area (Å²) in [5, 5.41) is 8.74. The zero-order valence-electron chi connectivity index (χ0n) is 6.95. The van der Waals surface area contributed by atoms with Crippen molar-refractivity contribution >= 4 is 5.97 Å². The molecule has 0 saturated heterocycles. The highest BCUT2D eigenvalue weighted by Crippen LogP contribution is 2.07. The smallest absolute Gasteiger partial charge is 0.352 e. The maximum Gasteiger partial charge on any atom is 0.352 e. The van der Waals surface area contributed by atoms with E-state index in [2.05, 4.69) is 0 Å². The van der Waals surface area contributed by atoms with Gasteiger partial charge in [0.25, 0.3) is 0 Å². The minimum atomic E-state index is -0.906. The minimum absolute atomic E-state index is 0.304. The number of hydrogen-bond donors (Lipinski definition) is 2. The number of carboxylic acids is 1. The van der Waals surface area contributed by atoms with Crippen molar-refractivity contribution < 1.29 is 9.90 Å². The second-order valence-corrected chi connectivity index (χ2v) is 2.53. The van der Waals surface area contributed by atoms with Gasteiger partial charge in [0.05, 0.1) is 0 Å². The zero-order chi connectivity index (χ0) is 9.14. The van der Waals surface area contributed by atoms with Crippen LogP contribution in [0, 0.1) is 0 Å². The Morgan fingerprint density at radius 2 is 2.42 bits per heavy atom. The van der Waals surface area contributed by atoms with Gasteiger partial charge in [0.15, 0.2) is 0 Å². The molecule has 12 heavy (non-hydrogen) atoms. The Hall–Kier alpha value is -1.29. The number of aryl methyl sites for hydroxylation is 1. The van der Waals surface area contributed by atoms with Crippen LogP contribution < -0.4 is 5.73 Å². The Labute approximate surface area is 70.6 Å². The van der Waals surface area contributed by atoms with Gasteiger partial charge >= 0.3 is 5.97 Å². The molecule has 0 aromatic carbocycles. The van der Waals surface area contributed by atoms with Crippen molar-refractivity contribution in [1.82, 2.24) is 4.57 Å². The Kier molecular flexibility index (Phi) is 2.50. The Balaban J connectivity index is 3.08. The second kappa shape index (κ2) is 3.40. The summed E-state index contributed by atoms with van der Waals surface area (Å²) in [5.74, 6) is -0.906. The summed E-state index contributed by atoms with van der Waals surface area (Å²) in [7, 11) is 0. The van der Waals surface area contributed by atoms with Gasteiger partial charge in [-0.2, -0.15) is 0 Å². The second-order valence-electron chi connectivity index (χ2n) is 2.53. The van der Waals surface area contributed by atoms with Gasteiger partial charge in [-0.3, -0.25) is 0 Å². The lowest BCUT2D eigenvalue weighted by Gasteiger charge is -1.99. The largest absolute Gasteiger partial charge is 0.477 e. The van der Waals surface area contributed by atoms with E-state index >= 15 is 0 Å². The van der Waals surface area contributed by atoms with E-state index in [0.717, 1.165) is 5.56 Å². The molecule has 0 bridgehead atoms. The Morgan fingerprint density at radius 1 is 1.75 bits per heavy atom. The van der Waals surface area contributed by atoms with Gasteiger partial charge in [0.1, 0.15) is 5.69 Å². The van der Waals surface area contributed by atoms with Crippen molar-refractivity contribution in [3.63, 3.8) is 0 Å². The standard InChI is InChI=1S/C8H12N2O2/c1-2-10-5-6(4-9)3-7(10)8(11)12/h3,5H,2,4,9H2,1H3,(H,11,12). The molecule has 0 unspecified atom stereocenters. The van der Waals surface area contributed by atoms with E-state index in [9.17, 15) is 4.79 Å². The normalized spacial score (nSPS) is 10.2. The van der Waals surface area contributed by atoms with Gasteiger partial charge in [-0.15, -0.1) is 0 Å². The average Bonchev–Trinajstić information content (AvgIpc) is 2.47. The Morgan fingerprint density at radius 3 is 2.75 bits per heavy atom. The molecule has 0 amide bonds. The average molecular weight is 168 g/mol. The molecule has 1 aromatic rings. The monoisotopic (exact) mass is 168 g/mol. The number of carboxylic acid groups (broad SMARTS) is 1. The van der Waals surface area contributed by atoms with Crippen molar-refractivity contribution in [3.05, 3.63) is 23.5 Å². The third-order valence-corrected chi connectivity index (χ3v) is 1.75. The van der Waals surface area contributed by atoms with E-state index in [0.29, 0.717) is 18.8 Å². The molecule has 66 valence electrons. The molecule has 0 fully saturated rings. The molecule has 0 saturated carbocycles. The molecule has 0 radical (unpaired) electrons. The third-order valence-electron chi connectivity index (χ3n) is 1.75. The molecule has 0 atom stereocenters. The SMILES string of the molecule is CCn1cc(CN)cc1C(=O)O. The van der Waals surface area contributed by atoms with Crippen LogP contribution in [0.2, 0.25) is 0 Å². The quantitative estimate of drug-likeness (QED) is 0.696. The highest BCUT2D eigenvalue weighted by molar-refractivity contribution is 5.86. The summed E-state index contributed by atoms with van der Waals surface area (Å²) in [5.41, 5.74) is 6.54. The summed E-state index contributed by atoms with van der Waals surface area (Å²) >= 11 is 0. The lowest BCUT2D eigenvalue weighted by Crippen LogP contribution is -2.05. The van der Waals surface area contributed by atoms with Crippen LogP contribution in [0.3, 0.4) is 0 Å². The minimum Gasteiger partial charge on any atom is -0.477 e. The van der Waals surface area contributed by atoms with E-state index < -0.39 is 5.97 Å². The lowest BCUT2D eigenvalue weighted by atomic mass is 10.3. The first kappa shape index (κ1) is 8.80. The molecule has 1 heterocycles. The van der Waals surface area contributed by atoms with E-state index in [1.165, 1.54) is 0 Å². The van der Waals surface area contributed by atoms with Gasteiger partial charge in [-0.25, -0.2) is 4.79 Å². The maximum atomic E-state index is 10.6. The molecular weight excluding hydrogens is 156 g/mol. The van der Waals surface area contributed by atoms with Crippen molar-refractivity contribution in [2.75, 3.05) is 0 Å². The van der Waals surface area contributed by atoms with E-state index in [-0.39, 0.29) is 0 Å². The fourth-order valence-corrected chi connectivity index (χ4v) is 1.12. The molecule has 1 aromatic heterocycles. The molecule has 0 spiro atoms. The van der Waals surface area contributed by atoms with Gasteiger partial charge in [0, 0.05) is 19.3 Å². The zero-order valence-corrected chi connectivity index (χ0v) is 6.95. The molecular formula is C8H12N2O2. The third kappa shape index (κ3) is 1.48. The van der Waals surface area contributed by atoms with Crippen LogP contribution >= 0.6 is 0 Å². The van der Waals surface area contributed by atoms with Crippen molar-refractivity contribution in [1.29, 1.82) is 0 Å². The predicted octanol–water partition coefficient (Wildman–Crippen LogP) is 0.665. The van der Waals surface area contributed by atoms with E-state index in [1.807, 2.05) is 6.92 Å². The van der Waals surface area contributed by atoms with Gasteiger partial charge < -0.3 is 15.4 Å². The fraction of sp³-hybridized carbons (Fsp3) is 0.375. The lowest BCUT2D eigenvalue weighted by molar-refractivity contribution is 0.0685. The molecule has 0 aliphatic rings. The van der Waals surface area contributed by atoms with Gasteiger partial charge in [0.2, 0.25) is 0 Å². The molecule has 0 aliphatic carbocycles. The first-order valence-corrected chi connectivity index (χ1v) is 3.81. The number of rotatable bonds is 3. The first-order chi connectivity index (χ1) is 5.69. The molecule has 0 aliphatic heterocycles. The van der Waals surface area contributed by atoms with Crippen molar-refractivity contribution in [2.45, 2.75) is 20.0 Å². The predicted molar refractivity (Wildman–Crippen MR) is 45.0 cm³/mol. The summed E-state index contributed by atoms with van der Waals surface area (Å²) in [6, 6.07) is 1.60. The fourth-order valence-electron chi connectivity index (χ4n) is 1.12. The summed E-state index contributed by atoms with van der Waals surface area (Å²) in [4.78, 5) is 10.6. The number of aromatic carboxylic acids is 1. The maximum absolute atomic E-state index is 10.6. The Bertz CT molecular complexity index is 291.